The number of aromatic nitrogens is 2. The van der Waals surface area contributed by atoms with E-state index in [1.165, 1.54) is 0 Å². The second-order valence-corrected chi connectivity index (χ2v) is 4.58. The van der Waals surface area contributed by atoms with Crippen molar-refractivity contribution < 1.29 is 4.79 Å². The molecule has 2 aromatic rings. The molecule has 0 aromatic carbocycles. The number of aryl methyl sites for hydroxylation is 1. The average Bonchev–Trinajstić information content (AvgIpc) is 2.47. The van der Waals surface area contributed by atoms with Gasteiger partial charge in [0.05, 0.1) is 23.1 Å². The van der Waals surface area contributed by atoms with E-state index >= 15 is 0 Å². The number of amides is 1. The molecule has 2 N–H and O–H groups in total. The maximum absolute atomic E-state index is 12.6. The summed E-state index contributed by atoms with van der Waals surface area (Å²) < 4.78 is 0. The van der Waals surface area contributed by atoms with Gasteiger partial charge >= 0.3 is 0 Å². The fourth-order valence-electron chi connectivity index (χ4n) is 1.97. The molecule has 0 aliphatic rings. The zero-order chi connectivity index (χ0) is 14.5. The minimum absolute atomic E-state index is 0.0541. The number of nitrogen functional groups attached to an aromatic ring is 1. The molecular formula is C15H18N4O. The van der Waals surface area contributed by atoms with E-state index in [0.717, 1.165) is 5.56 Å². The Morgan fingerprint density at radius 1 is 1.35 bits per heavy atom. The normalized spacial score (nSPS) is 10.3. The first-order chi connectivity index (χ1) is 9.61. The molecule has 2 rings (SSSR count). The molecule has 0 atom stereocenters. The van der Waals surface area contributed by atoms with Crippen LogP contribution in [0.5, 0.6) is 0 Å². The summed E-state index contributed by atoms with van der Waals surface area (Å²) in [5, 5.41) is 0. The minimum Gasteiger partial charge on any atom is -0.397 e. The van der Waals surface area contributed by atoms with Gasteiger partial charge in [-0.3, -0.25) is 14.8 Å². The Morgan fingerprint density at radius 3 is 2.70 bits per heavy atom. The van der Waals surface area contributed by atoms with Gasteiger partial charge < -0.3 is 10.6 Å². The van der Waals surface area contributed by atoms with E-state index in [9.17, 15) is 4.79 Å². The standard InChI is InChI=1S/C15H18N4O/c1-3-19(10-12-4-6-17-7-5-12)15(20)14-8-13(16)9-18-11(14)2/h4-9H,3,10,16H2,1-2H3. The van der Waals surface area contributed by atoms with Gasteiger partial charge in [0.1, 0.15) is 0 Å². The first-order valence-electron chi connectivity index (χ1n) is 6.52. The Labute approximate surface area is 118 Å². The lowest BCUT2D eigenvalue weighted by molar-refractivity contribution is 0.0751. The van der Waals surface area contributed by atoms with Gasteiger partial charge in [-0.25, -0.2) is 0 Å². The Hall–Kier alpha value is -2.43. The summed E-state index contributed by atoms with van der Waals surface area (Å²) in [6.07, 6.45) is 5.01. The van der Waals surface area contributed by atoms with Crippen LogP contribution in [0.4, 0.5) is 5.69 Å². The molecule has 0 radical (unpaired) electrons. The molecule has 104 valence electrons. The second-order valence-electron chi connectivity index (χ2n) is 4.58. The Kier molecular flexibility index (Phi) is 4.30. The molecule has 0 fully saturated rings. The van der Waals surface area contributed by atoms with E-state index in [2.05, 4.69) is 9.97 Å². The lowest BCUT2D eigenvalue weighted by Crippen LogP contribution is -2.31. The molecule has 5 heteroatoms. The summed E-state index contributed by atoms with van der Waals surface area (Å²) in [6, 6.07) is 5.49. The minimum atomic E-state index is -0.0541. The molecule has 20 heavy (non-hydrogen) atoms. The van der Waals surface area contributed by atoms with Gasteiger partial charge in [-0.05, 0) is 37.6 Å². The predicted molar refractivity (Wildman–Crippen MR) is 78.0 cm³/mol. The predicted octanol–water partition coefficient (Wildman–Crippen LogP) is 2.03. The first-order valence-corrected chi connectivity index (χ1v) is 6.52. The Bertz CT molecular complexity index is 598. The van der Waals surface area contributed by atoms with Crippen molar-refractivity contribution in [3.8, 4) is 0 Å². The number of pyridine rings is 2. The molecule has 2 aromatic heterocycles. The molecular weight excluding hydrogens is 252 g/mol. The topological polar surface area (TPSA) is 72.1 Å². The number of nitrogens with two attached hydrogens (primary N) is 1. The summed E-state index contributed by atoms with van der Waals surface area (Å²) >= 11 is 0. The number of hydrogen-bond acceptors (Lipinski definition) is 4. The summed E-state index contributed by atoms with van der Waals surface area (Å²) in [5.74, 6) is -0.0541. The molecule has 0 aliphatic heterocycles. The van der Waals surface area contributed by atoms with Crippen molar-refractivity contribution in [2.24, 2.45) is 0 Å². The van der Waals surface area contributed by atoms with Gasteiger partial charge in [0.2, 0.25) is 0 Å². The molecule has 0 unspecified atom stereocenters. The van der Waals surface area contributed by atoms with Crippen LogP contribution >= 0.6 is 0 Å². The summed E-state index contributed by atoms with van der Waals surface area (Å²) in [4.78, 5) is 22.4. The fourth-order valence-corrected chi connectivity index (χ4v) is 1.97. The van der Waals surface area contributed by atoms with Crippen molar-refractivity contribution in [1.29, 1.82) is 0 Å². The number of hydrogen-bond donors (Lipinski definition) is 1. The largest absolute Gasteiger partial charge is 0.397 e. The zero-order valence-electron chi connectivity index (χ0n) is 11.7. The quantitative estimate of drug-likeness (QED) is 0.922. The van der Waals surface area contributed by atoms with Crippen LogP contribution in [0.1, 0.15) is 28.5 Å². The smallest absolute Gasteiger partial charge is 0.256 e. The third-order valence-corrected chi connectivity index (χ3v) is 3.13. The van der Waals surface area contributed by atoms with Crippen molar-refractivity contribution in [1.82, 2.24) is 14.9 Å². The number of anilines is 1. The van der Waals surface area contributed by atoms with Gasteiger partial charge in [-0.2, -0.15) is 0 Å². The Morgan fingerprint density at radius 2 is 2.05 bits per heavy atom. The summed E-state index contributed by atoms with van der Waals surface area (Å²) in [6.45, 7) is 4.93. The number of rotatable bonds is 4. The molecule has 0 saturated heterocycles. The molecule has 5 nitrogen and oxygen atoms in total. The fraction of sp³-hybridized carbons (Fsp3) is 0.267. The molecule has 0 bridgehead atoms. The summed E-state index contributed by atoms with van der Waals surface area (Å²) in [5.41, 5.74) is 8.51. The first kappa shape index (κ1) is 14.0. The molecule has 0 spiro atoms. The maximum atomic E-state index is 12.6. The number of carbonyl (C=O) groups excluding carboxylic acids is 1. The highest BCUT2D eigenvalue weighted by molar-refractivity contribution is 5.95. The highest BCUT2D eigenvalue weighted by Gasteiger charge is 2.17. The van der Waals surface area contributed by atoms with Crippen LogP contribution < -0.4 is 5.73 Å². The van der Waals surface area contributed by atoms with Crippen LogP contribution in [0, 0.1) is 6.92 Å². The highest BCUT2D eigenvalue weighted by Crippen LogP contribution is 2.14. The van der Waals surface area contributed by atoms with E-state index in [1.54, 1.807) is 29.6 Å². The van der Waals surface area contributed by atoms with Gasteiger partial charge in [-0.1, -0.05) is 0 Å². The van der Waals surface area contributed by atoms with Crippen molar-refractivity contribution in [3.05, 3.63) is 53.6 Å². The van der Waals surface area contributed by atoms with Crippen LogP contribution in [0.25, 0.3) is 0 Å². The van der Waals surface area contributed by atoms with E-state index in [1.807, 2.05) is 26.0 Å². The Balaban J connectivity index is 2.23. The van der Waals surface area contributed by atoms with Gasteiger partial charge in [-0.15, -0.1) is 0 Å². The third-order valence-electron chi connectivity index (χ3n) is 3.13. The third kappa shape index (κ3) is 3.12. The number of carbonyl (C=O) groups is 1. The van der Waals surface area contributed by atoms with Gasteiger partial charge in [0.15, 0.2) is 0 Å². The second kappa shape index (κ2) is 6.14. The lowest BCUT2D eigenvalue weighted by Gasteiger charge is -2.21. The van der Waals surface area contributed by atoms with Crippen LogP contribution in [0.3, 0.4) is 0 Å². The van der Waals surface area contributed by atoms with Crippen LogP contribution in [-0.4, -0.2) is 27.3 Å². The number of nitrogens with zero attached hydrogens (tertiary/aromatic N) is 3. The van der Waals surface area contributed by atoms with Crippen LogP contribution in [0.15, 0.2) is 36.8 Å². The van der Waals surface area contributed by atoms with E-state index < -0.39 is 0 Å². The molecule has 0 saturated carbocycles. The monoisotopic (exact) mass is 270 g/mol. The maximum Gasteiger partial charge on any atom is 0.256 e. The zero-order valence-corrected chi connectivity index (χ0v) is 11.7. The summed E-state index contributed by atoms with van der Waals surface area (Å²) in [7, 11) is 0. The van der Waals surface area contributed by atoms with Gasteiger partial charge in [0.25, 0.3) is 5.91 Å². The van der Waals surface area contributed by atoms with Crippen molar-refractivity contribution in [2.45, 2.75) is 20.4 Å². The van der Waals surface area contributed by atoms with E-state index in [-0.39, 0.29) is 5.91 Å². The van der Waals surface area contributed by atoms with E-state index in [4.69, 9.17) is 5.73 Å². The SMILES string of the molecule is CCN(Cc1ccncc1)C(=O)c1cc(N)cnc1C. The average molecular weight is 270 g/mol. The molecule has 0 aliphatic carbocycles. The van der Waals surface area contributed by atoms with Crippen molar-refractivity contribution in [2.75, 3.05) is 12.3 Å². The highest BCUT2D eigenvalue weighted by atomic mass is 16.2. The van der Waals surface area contributed by atoms with Crippen LogP contribution in [0.2, 0.25) is 0 Å². The molecule has 2 heterocycles. The van der Waals surface area contributed by atoms with Crippen molar-refractivity contribution >= 4 is 11.6 Å². The van der Waals surface area contributed by atoms with Crippen molar-refractivity contribution in [3.63, 3.8) is 0 Å². The molecule has 1 amide bonds. The van der Waals surface area contributed by atoms with E-state index in [0.29, 0.717) is 30.0 Å². The van der Waals surface area contributed by atoms with Crippen LogP contribution in [-0.2, 0) is 6.54 Å². The van der Waals surface area contributed by atoms with Gasteiger partial charge in [0, 0.05) is 25.5 Å². The lowest BCUT2D eigenvalue weighted by atomic mass is 10.1.